The summed E-state index contributed by atoms with van der Waals surface area (Å²) >= 11 is 0. The summed E-state index contributed by atoms with van der Waals surface area (Å²) in [7, 11) is 0. The van der Waals surface area contributed by atoms with Gasteiger partial charge < -0.3 is 10.3 Å². The molecule has 24 heavy (non-hydrogen) atoms. The number of hydrogen-bond acceptors (Lipinski definition) is 7. The molecule has 4 heterocycles. The lowest BCUT2D eigenvalue weighted by Crippen LogP contribution is -2.23. The molecule has 1 saturated heterocycles. The molecule has 1 atom stereocenters. The summed E-state index contributed by atoms with van der Waals surface area (Å²) in [5.74, 6) is 1.73. The van der Waals surface area contributed by atoms with E-state index >= 15 is 0 Å². The standard InChI is InChI=1S/C17H18N6O/c18-15-12(5-3-9-20-15)11-23-10-4-7-14(23)17-21-16(22-24-17)13-6-1-2-8-19-13/h1-3,5-6,8-9,14H,4,7,10-11H2,(H2,18,20)/t14-/m1/s1. The van der Waals surface area contributed by atoms with Crippen molar-refractivity contribution in [3.63, 3.8) is 0 Å². The van der Waals surface area contributed by atoms with Gasteiger partial charge in [-0.1, -0.05) is 17.3 Å². The van der Waals surface area contributed by atoms with Gasteiger partial charge in [0.05, 0.1) is 6.04 Å². The Bertz CT molecular complexity index is 819. The number of aromatic nitrogens is 4. The largest absolute Gasteiger partial charge is 0.383 e. The van der Waals surface area contributed by atoms with E-state index < -0.39 is 0 Å². The van der Waals surface area contributed by atoms with E-state index in [1.54, 1.807) is 12.4 Å². The molecule has 4 rings (SSSR count). The maximum Gasteiger partial charge on any atom is 0.244 e. The Balaban J connectivity index is 1.55. The van der Waals surface area contributed by atoms with Crippen LogP contribution in [0.25, 0.3) is 11.5 Å². The van der Waals surface area contributed by atoms with Crippen LogP contribution < -0.4 is 5.73 Å². The van der Waals surface area contributed by atoms with Crippen molar-refractivity contribution in [1.29, 1.82) is 0 Å². The van der Waals surface area contributed by atoms with Crippen LogP contribution in [0.3, 0.4) is 0 Å². The maximum absolute atomic E-state index is 5.97. The Kier molecular flexibility index (Phi) is 3.92. The fourth-order valence-corrected chi connectivity index (χ4v) is 3.07. The Morgan fingerprint density at radius 2 is 2.08 bits per heavy atom. The number of hydrogen-bond donors (Lipinski definition) is 1. The molecule has 1 fully saturated rings. The third kappa shape index (κ3) is 2.85. The minimum atomic E-state index is 0.106. The highest BCUT2D eigenvalue weighted by Gasteiger charge is 2.31. The predicted octanol–water partition coefficient (Wildman–Crippen LogP) is 2.45. The van der Waals surface area contributed by atoms with Crippen LogP contribution in [-0.4, -0.2) is 31.6 Å². The molecule has 122 valence electrons. The number of rotatable bonds is 4. The van der Waals surface area contributed by atoms with Crippen LogP contribution in [0.5, 0.6) is 0 Å². The predicted molar refractivity (Wildman–Crippen MR) is 88.6 cm³/mol. The van der Waals surface area contributed by atoms with Crippen LogP contribution in [0.2, 0.25) is 0 Å². The summed E-state index contributed by atoms with van der Waals surface area (Å²) in [6.45, 7) is 1.70. The second kappa shape index (κ2) is 6.37. The van der Waals surface area contributed by atoms with Crippen LogP contribution in [-0.2, 0) is 6.54 Å². The number of pyridine rings is 2. The zero-order valence-corrected chi connectivity index (χ0v) is 13.2. The van der Waals surface area contributed by atoms with Gasteiger partial charge in [-0.25, -0.2) is 4.98 Å². The SMILES string of the molecule is Nc1ncccc1CN1CCC[C@@H]1c1nc(-c2ccccn2)no1. The van der Waals surface area contributed by atoms with E-state index in [0.717, 1.165) is 31.5 Å². The summed E-state index contributed by atoms with van der Waals surface area (Å²) in [5, 5.41) is 4.08. The quantitative estimate of drug-likeness (QED) is 0.788. The van der Waals surface area contributed by atoms with E-state index in [2.05, 4.69) is 25.0 Å². The van der Waals surface area contributed by atoms with Crippen molar-refractivity contribution in [1.82, 2.24) is 25.0 Å². The third-order valence-corrected chi connectivity index (χ3v) is 4.28. The smallest absolute Gasteiger partial charge is 0.244 e. The fourth-order valence-electron chi connectivity index (χ4n) is 3.07. The van der Waals surface area contributed by atoms with Gasteiger partial charge in [0.1, 0.15) is 11.5 Å². The molecule has 1 aliphatic heterocycles. The Labute approximate surface area is 139 Å². The van der Waals surface area contributed by atoms with Crippen LogP contribution in [0.15, 0.2) is 47.2 Å². The summed E-state index contributed by atoms with van der Waals surface area (Å²) in [6, 6.07) is 9.66. The molecule has 7 nitrogen and oxygen atoms in total. The normalized spacial score (nSPS) is 18.1. The molecule has 0 spiro atoms. The first-order chi connectivity index (χ1) is 11.8. The van der Waals surface area contributed by atoms with Crippen LogP contribution in [0, 0.1) is 0 Å². The van der Waals surface area contributed by atoms with Crippen molar-refractivity contribution in [2.24, 2.45) is 0 Å². The van der Waals surface area contributed by atoms with E-state index in [-0.39, 0.29) is 6.04 Å². The summed E-state index contributed by atoms with van der Waals surface area (Å²) in [4.78, 5) is 15.3. The molecule has 0 unspecified atom stereocenters. The first kappa shape index (κ1) is 14.8. The van der Waals surface area contributed by atoms with E-state index in [4.69, 9.17) is 10.3 Å². The summed E-state index contributed by atoms with van der Waals surface area (Å²) in [6.07, 6.45) is 5.51. The average molecular weight is 322 g/mol. The van der Waals surface area contributed by atoms with Crippen LogP contribution >= 0.6 is 0 Å². The van der Waals surface area contributed by atoms with Gasteiger partial charge in [-0.2, -0.15) is 4.98 Å². The van der Waals surface area contributed by atoms with E-state index in [9.17, 15) is 0 Å². The molecular formula is C17H18N6O. The number of nitrogens with zero attached hydrogens (tertiary/aromatic N) is 5. The van der Waals surface area contributed by atoms with Crippen molar-refractivity contribution in [3.05, 3.63) is 54.2 Å². The molecule has 0 saturated carbocycles. The molecule has 1 aliphatic rings. The molecule has 0 aliphatic carbocycles. The van der Waals surface area contributed by atoms with E-state index in [1.165, 1.54) is 0 Å². The molecule has 0 bridgehead atoms. The van der Waals surface area contributed by atoms with Gasteiger partial charge in [0.15, 0.2) is 0 Å². The number of likely N-dealkylation sites (tertiary alicyclic amines) is 1. The second-order valence-corrected chi connectivity index (χ2v) is 5.85. The van der Waals surface area contributed by atoms with E-state index in [0.29, 0.717) is 23.2 Å². The first-order valence-electron chi connectivity index (χ1n) is 7.99. The summed E-state index contributed by atoms with van der Waals surface area (Å²) in [5.41, 5.74) is 7.70. The second-order valence-electron chi connectivity index (χ2n) is 5.85. The van der Waals surface area contributed by atoms with Crippen LogP contribution in [0.1, 0.15) is 30.3 Å². The zero-order valence-electron chi connectivity index (χ0n) is 13.2. The van der Waals surface area contributed by atoms with Gasteiger partial charge >= 0.3 is 0 Å². The van der Waals surface area contributed by atoms with Gasteiger partial charge in [0.2, 0.25) is 11.7 Å². The number of nitrogen functional groups attached to an aromatic ring is 1. The minimum absolute atomic E-state index is 0.106. The third-order valence-electron chi connectivity index (χ3n) is 4.28. The number of anilines is 1. The Hall–Kier alpha value is -2.80. The van der Waals surface area contributed by atoms with Crippen LogP contribution in [0.4, 0.5) is 5.82 Å². The monoisotopic (exact) mass is 322 g/mol. The Morgan fingerprint density at radius 1 is 1.17 bits per heavy atom. The molecule has 3 aromatic heterocycles. The first-order valence-corrected chi connectivity index (χ1v) is 7.99. The Morgan fingerprint density at radius 3 is 2.92 bits per heavy atom. The lowest BCUT2D eigenvalue weighted by Gasteiger charge is -2.21. The molecule has 7 heteroatoms. The van der Waals surface area contributed by atoms with Crippen molar-refractivity contribution in [2.45, 2.75) is 25.4 Å². The number of nitrogens with two attached hydrogens (primary N) is 1. The molecule has 0 amide bonds. The van der Waals surface area contributed by atoms with Gasteiger partial charge in [-0.15, -0.1) is 0 Å². The van der Waals surface area contributed by atoms with Gasteiger partial charge in [0, 0.05) is 24.5 Å². The highest BCUT2D eigenvalue weighted by atomic mass is 16.5. The van der Waals surface area contributed by atoms with Gasteiger partial charge in [0.25, 0.3) is 0 Å². The fraction of sp³-hybridized carbons (Fsp3) is 0.294. The average Bonchev–Trinajstić information content (AvgIpc) is 3.27. The molecule has 2 N–H and O–H groups in total. The lowest BCUT2D eigenvalue weighted by molar-refractivity contribution is 0.201. The van der Waals surface area contributed by atoms with Gasteiger partial charge in [-0.05, 0) is 37.6 Å². The molecule has 0 radical (unpaired) electrons. The van der Waals surface area contributed by atoms with Crippen molar-refractivity contribution < 1.29 is 4.52 Å². The highest BCUT2D eigenvalue weighted by molar-refractivity contribution is 5.47. The lowest BCUT2D eigenvalue weighted by atomic mass is 10.2. The van der Waals surface area contributed by atoms with Crippen molar-refractivity contribution in [3.8, 4) is 11.5 Å². The van der Waals surface area contributed by atoms with Gasteiger partial charge in [-0.3, -0.25) is 9.88 Å². The molecule has 3 aromatic rings. The molecule has 0 aromatic carbocycles. The van der Waals surface area contributed by atoms with Crippen molar-refractivity contribution >= 4 is 5.82 Å². The topological polar surface area (TPSA) is 94.0 Å². The minimum Gasteiger partial charge on any atom is -0.383 e. The molecular weight excluding hydrogens is 304 g/mol. The van der Waals surface area contributed by atoms with Crippen molar-refractivity contribution in [2.75, 3.05) is 12.3 Å². The maximum atomic E-state index is 5.97. The zero-order chi connectivity index (χ0) is 16.4. The van der Waals surface area contributed by atoms with E-state index in [1.807, 2.05) is 30.3 Å². The highest BCUT2D eigenvalue weighted by Crippen LogP contribution is 2.33. The summed E-state index contributed by atoms with van der Waals surface area (Å²) < 4.78 is 5.51.